The van der Waals surface area contributed by atoms with Crippen LogP contribution < -0.4 is 4.90 Å². The smallest absolute Gasteiger partial charge is 0.285 e. The third-order valence-electron chi connectivity index (χ3n) is 6.21. The molecule has 0 aliphatic carbocycles. The van der Waals surface area contributed by atoms with Crippen molar-refractivity contribution in [3.63, 3.8) is 0 Å². The van der Waals surface area contributed by atoms with Crippen LogP contribution in [-0.2, 0) is 14.8 Å². The molecule has 9 heteroatoms. The van der Waals surface area contributed by atoms with E-state index < -0.39 is 10.0 Å². The highest BCUT2D eigenvalue weighted by Crippen LogP contribution is 2.32. The molecule has 1 atom stereocenters. The van der Waals surface area contributed by atoms with Gasteiger partial charge in [-0.1, -0.05) is 23.7 Å². The molecule has 0 bridgehead atoms. The number of hydrogen-bond acceptors (Lipinski definition) is 5. The van der Waals surface area contributed by atoms with E-state index in [4.69, 9.17) is 11.6 Å². The number of halogens is 1. The minimum atomic E-state index is -3.70. The standard InChI is InChI=1S/C22H23ClN4O3S/c23-16-7-9-17(10-8-16)25-12-14-26(15-13-25)22(28)19-5-3-11-27(19)21-18-4-1-2-6-20(18)31(29,30)24-21/h1-2,4,6-10,19H,3,5,11-15H2/t19-/m0/s1. The zero-order chi connectivity index (χ0) is 21.6. The number of amides is 1. The summed E-state index contributed by atoms with van der Waals surface area (Å²) in [6.07, 6.45) is 1.54. The van der Waals surface area contributed by atoms with Crippen LogP contribution in [0.2, 0.25) is 5.02 Å². The number of benzene rings is 2. The van der Waals surface area contributed by atoms with Gasteiger partial charge in [0.15, 0.2) is 5.84 Å². The van der Waals surface area contributed by atoms with Gasteiger partial charge in [0.1, 0.15) is 10.9 Å². The second kappa shape index (κ2) is 7.84. The Hall–Kier alpha value is -2.58. The lowest BCUT2D eigenvalue weighted by atomic mass is 10.1. The first-order chi connectivity index (χ1) is 14.9. The zero-order valence-electron chi connectivity index (χ0n) is 16.9. The SMILES string of the molecule is O=C([C@@H]1CCCN1C1=NS(=O)(=O)c2ccccc21)N1CCN(c2ccc(Cl)cc2)CC1. The molecule has 0 spiro atoms. The van der Waals surface area contributed by atoms with Crippen LogP contribution >= 0.6 is 11.6 Å². The molecule has 0 unspecified atom stereocenters. The number of carbonyl (C=O) groups excluding carboxylic acids is 1. The molecule has 31 heavy (non-hydrogen) atoms. The van der Waals surface area contributed by atoms with Crippen LogP contribution in [0.4, 0.5) is 5.69 Å². The molecule has 162 valence electrons. The normalized spacial score (nSPS) is 22.4. The van der Waals surface area contributed by atoms with Crippen molar-refractivity contribution >= 4 is 39.1 Å². The highest BCUT2D eigenvalue weighted by atomic mass is 35.5. The van der Waals surface area contributed by atoms with E-state index in [1.165, 1.54) is 0 Å². The first kappa shape index (κ1) is 20.3. The number of hydrogen-bond donors (Lipinski definition) is 0. The van der Waals surface area contributed by atoms with Gasteiger partial charge in [0.2, 0.25) is 5.91 Å². The lowest BCUT2D eigenvalue weighted by Crippen LogP contribution is -2.54. The Labute approximate surface area is 187 Å². The number of sulfonamides is 1. The Morgan fingerprint density at radius 2 is 1.68 bits per heavy atom. The molecule has 7 nitrogen and oxygen atoms in total. The summed E-state index contributed by atoms with van der Waals surface area (Å²) < 4.78 is 29.0. The molecule has 1 amide bonds. The van der Waals surface area contributed by atoms with E-state index in [2.05, 4.69) is 9.30 Å². The van der Waals surface area contributed by atoms with Crippen LogP contribution in [0, 0.1) is 0 Å². The fourth-order valence-electron chi connectivity index (χ4n) is 4.62. The van der Waals surface area contributed by atoms with Crippen LogP contribution in [0.3, 0.4) is 0 Å². The monoisotopic (exact) mass is 458 g/mol. The number of rotatable bonds is 2. The van der Waals surface area contributed by atoms with Gasteiger partial charge in [-0.15, -0.1) is 4.40 Å². The fourth-order valence-corrected chi connectivity index (χ4v) is 5.96. The topological polar surface area (TPSA) is 73.3 Å². The summed E-state index contributed by atoms with van der Waals surface area (Å²) in [6, 6.07) is 14.2. The number of nitrogens with zero attached hydrogens (tertiary/aromatic N) is 4. The molecular formula is C22H23ClN4O3S. The van der Waals surface area contributed by atoms with Crippen molar-refractivity contribution < 1.29 is 13.2 Å². The Kier molecular flexibility index (Phi) is 5.14. The van der Waals surface area contributed by atoms with Gasteiger partial charge >= 0.3 is 0 Å². The number of carbonyl (C=O) groups is 1. The molecule has 2 fully saturated rings. The minimum Gasteiger partial charge on any atom is -0.368 e. The Balaban J connectivity index is 1.31. The Morgan fingerprint density at radius 1 is 0.968 bits per heavy atom. The van der Waals surface area contributed by atoms with Gasteiger partial charge in [0.25, 0.3) is 10.0 Å². The van der Waals surface area contributed by atoms with Crippen molar-refractivity contribution in [3.8, 4) is 0 Å². The van der Waals surface area contributed by atoms with Crippen LogP contribution in [0.5, 0.6) is 0 Å². The van der Waals surface area contributed by atoms with E-state index in [0.29, 0.717) is 42.5 Å². The zero-order valence-corrected chi connectivity index (χ0v) is 18.5. The van der Waals surface area contributed by atoms with Gasteiger partial charge < -0.3 is 14.7 Å². The van der Waals surface area contributed by atoms with Crippen molar-refractivity contribution in [2.75, 3.05) is 37.6 Å². The number of anilines is 1. The fraction of sp³-hybridized carbons (Fsp3) is 0.364. The second-order valence-corrected chi connectivity index (χ2v) is 10.0. The Bertz CT molecular complexity index is 1140. The van der Waals surface area contributed by atoms with E-state index in [9.17, 15) is 13.2 Å². The molecule has 3 heterocycles. The molecule has 2 aromatic rings. The third kappa shape index (κ3) is 3.68. The number of piperazine rings is 1. The predicted molar refractivity (Wildman–Crippen MR) is 120 cm³/mol. The first-order valence-electron chi connectivity index (χ1n) is 10.4. The third-order valence-corrected chi connectivity index (χ3v) is 7.78. The van der Waals surface area contributed by atoms with Gasteiger partial charge in [0, 0.05) is 49.0 Å². The van der Waals surface area contributed by atoms with Crippen LogP contribution in [0.15, 0.2) is 57.8 Å². The highest BCUT2D eigenvalue weighted by molar-refractivity contribution is 7.90. The summed E-state index contributed by atoms with van der Waals surface area (Å²) in [6.45, 7) is 3.39. The molecule has 2 aromatic carbocycles. The average Bonchev–Trinajstić information content (AvgIpc) is 3.37. The predicted octanol–water partition coefficient (Wildman–Crippen LogP) is 2.60. The summed E-state index contributed by atoms with van der Waals surface area (Å²) in [4.78, 5) is 19.6. The molecule has 3 aliphatic rings. The number of amidine groups is 1. The summed E-state index contributed by atoms with van der Waals surface area (Å²) in [5.41, 5.74) is 1.69. The molecular weight excluding hydrogens is 436 g/mol. The number of fused-ring (bicyclic) bond motifs is 1. The molecule has 0 radical (unpaired) electrons. The Morgan fingerprint density at radius 3 is 2.42 bits per heavy atom. The van der Waals surface area contributed by atoms with E-state index in [0.717, 1.165) is 25.2 Å². The van der Waals surface area contributed by atoms with Gasteiger partial charge in [-0.2, -0.15) is 8.42 Å². The maximum Gasteiger partial charge on any atom is 0.285 e. The van der Waals surface area contributed by atoms with Gasteiger partial charge in [-0.3, -0.25) is 4.79 Å². The van der Waals surface area contributed by atoms with Gasteiger partial charge in [-0.05, 0) is 49.2 Å². The first-order valence-corrected chi connectivity index (χ1v) is 12.3. The molecule has 2 saturated heterocycles. The van der Waals surface area contributed by atoms with Crippen molar-refractivity contribution in [1.29, 1.82) is 0 Å². The van der Waals surface area contributed by atoms with E-state index in [1.54, 1.807) is 24.3 Å². The minimum absolute atomic E-state index is 0.0535. The van der Waals surface area contributed by atoms with Crippen LogP contribution in [0.25, 0.3) is 0 Å². The lowest BCUT2D eigenvalue weighted by Gasteiger charge is -2.38. The molecule has 0 saturated carbocycles. The maximum atomic E-state index is 13.4. The molecule has 5 rings (SSSR count). The summed E-state index contributed by atoms with van der Waals surface area (Å²) in [7, 11) is -3.70. The van der Waals surface area contributed by atoms with Crippen LogP contribution in [0.1, 0.15) is 18.4 Å². The van der Waals surface area contributed by atoms with Crippen molar-refractivity contribution in [2.24, 2.45) is 4.40 Å². The summed E-state index contributed by atoms with van der Waals surface area (Å²) >= 11 is 5.98. The van der Waals surface area contributed by atoms with E-state index in [1.807, 2.05) is 34.1 Å². The second-order valence-electron chi connectivity index (χ2n) is 8.03. The van der Waals surface area contributed by atoms with Crippen LogP contribution in [-0.4, -0.2) is 68.7 Å². The van der Waals surface area contributed by atoms with E-state index in [-0.39, 0.29) is 16.8 Å². The molecule has 0 aromatic heterocycles. The number of likely N-dealkylation sites (tertiary alicyclic amines) is 1. The largest absolute Gasteiger partial charge is 0.368 e. The van der Waals surface area contributed by atoms with Gasteiger partial charge in [0.05, 0.1) is 0 Å². The average molecular weight is 459 g/mol. The van der Waals surface area contributed by atoms with Crippen molar-refractivity contribution in [3.05, 3.63) is 59.1 Å². The molecule has 3 aliphatic heterocycles. The highest BCUT2D eigenvalue weighted by Gasteiger charge is 2.41. The quantitative estimate of drug-likeness (QED) is 0.691. The summed E-state index contributed by atoms with van der Waals surface area (Å²) in [5.74, 6) is 0.462. The van der Waals surface area contributed by atoms with Crippen molar-refractivity contribution in [2.45, 2.75) is 23.8 Å². The van der Waals surface area contributed by atoms with Gasteiger partial charge in [-0.25, -0.2) is 0 Å². The lowest BCUT2D eigenvalue weighted by molar-refractivity contribution is -0.135. The van der Waals surface area contributed by atoms with E-state index >= 15 is 0 Å². The van der Waals surface area contributed by atoms with Crippen molar-refractivity contribution in [1.82, 2.24) is 9.80 Å². The maximum absolute atomic E-state index is 13.4. The summed E-state index contributed by atoms with van der Waals surface area (Å²) in [5, 5.41) is 0.706. The molecule has 0 N–H and O–H groups in total.